The van der Waals surface area contributed by atoms with Crippen molar-refractivity contribution in [2.75, 3.05) is 17.1 Å². The summed E-state index contributed by atoms with van der Waals surface area (Å²) >= 11 is 0. The van der Waals surface area contributed by atoms with Crippen LogP contribution in [0.15, 0.2) is 42.5 Å². The van der Waals surface area contributed by atoms with Crippen LogP contribution >= 0.6 is 0 Å². The highest BCUT2D eigenvalue weighted by Crippen LogP contribution is 2.34. The fourth-order valence-electron chi connectivity index (χ4n) is 3.45. The number of hydrogen-bond donors (Lipinski definition) is 2. The maximum absolute atomic E-state index is 12.4. The minimum Gasteiger partial charge on any atom is -0.387 e. The number of carbonyl (C=O) groups is 1. The summed E-state index contributed by atoms with van der Waals surface area (Å²) < 4.78 is 25.3. The van der Waals surface area contributed by atoms with Gasteiger partial charge in [0.25, 0.3) is 5.91 Å². The molecule has 1 aliphatic heterocycles. The Bertz CT molecular complexity index is 954. The quantitative estimate of drug-likeness (QED) is 0.822. The second-order valence-corrected chi connectivity index (χ2v) is 8.95. The zero-order chi connectivity index (χ0) is 19.8. The van der Waals surface area contributed by atoms with Crippen LogP contribution in [0, 0.1) is 6.92 Å². The molecular weight excluding hydrogens is 364 g/mol. The first kappa shape index (κ1) is 19.4. The molecule has 0 fully saturated rings. The lowest BCUT2D eigenvalue weighted by Crippen LogP contribution is -2.34. The van der Waals surface area contributed by atoms with Crippen LogP contribution in [0.25, 0.3) is 0 Å². The van der Waals surface area contributed by atoms with E-state index in [0.29, 0.717) is 17.7 Å². The third-order valence-electron chi connectivity index (χ3n) is 4.77. The van der Waals surface area contributed by atoms with E-state index in [9.17, 15) is 18.3 Å². The molecule has 0 radical (unpaired) electrons. The molecular formula is C20H24N2O4S. The summed E-state index contributed by atoms with van der Waals surface area (Å²) in [5, 5.41) is 13.0. The van der Waals surface area contributed by atoms with Gasteiger partial charge in [-0.2, -0.15) is 0 Å². The number of hydrogen-bond acceptors (Lipinski definition) is 4. The standard InChI is InChI=1S/C20H24N2O4S/c1-13-4-6-15(7-5-13)19(23)12-21-20(24)16-8-9-18-17(11-16)10-14(2)22(18)27(3,25)26/h4-9,11,14,19,23H,10,12H2,1-3H3,(H,21,24)/t14-,19-/m1/s1. The first-order valence-electron chi connectivity index (χ1n) is 8.82. The number of rotatable bonds is 5. The number of amides is 1. The van der Waals surface area contributed by atoms with Crippen LogP contribution in [-0.4, -0.2) is 38.3 Å². The minimum absolute atomic E-state index is 0.102. The number of nitrogens with one attached hydrogen (secondary N) is 1. The molecule has 1 aliphatic rings. The molecule has 1 amide bonds. The molecule has 0 spiro atoms. The molecule has 144 valence electrons. The average molecular weight is 388 g/mol. The normalized spacial score (nSPS) is 17.5. The summed E-state index contributed by atoms with van der Waals surface area (Å²) in [7, 11) is -3.35. The Hall–Kier alpha value is -2.38. The van der Waals surface area contributed by atoms with Gasteiger partial charge in [-0.25, -0.2) is 8.42 Å². The van der Waals surface area contributed by atoms with Crippen molar-refractivity contribution in [2.24, 2.45) is 0 Å². The highest BCUT2D eigenvalue weighted by molar-refractivity contribution is 7.92. The molecule has 1 heterocycles. The van der Waals surface area contributed by atoms with E-state index in [0.717, 1.165) is 16.7 Å². The van der Waals surface area contributed by atoms with Crippen molar-refractivity contribution >= 4 is 21.6 Å². The third kappa shape index (κ3) is 4.14. The van der Waals surface area contributed by atoms with Gasteiger partial charge in [0.15, 0.2) is 0 Å². The van der Waals surface area contributed by atoms with Crippen LogP contribution in [0.3, 0.4) is 0 Å². The zero-order valence-corrected chi connectivity index (χ0v) is 16.5. The van der Waals surface area contributed by atoms with Crippen molar-refractivity contribution in [1.82, 2.24) is 5.32 Å². The monoisotopic (exact) mass is 388 g/mol. The van der Waals surface area contributed by atoms with Crippen molar-refractivity contribution in [3.8, 4) is 0 Å². The molecule has 7 heteroatoms. The number of carbonyl (C=O) groups excluding carboxylic acids is 1. The summed E-state index contributed by atoms with van der Waals surface area (Å²) in [5.74, 6) is -0.297. The van der Waals surface area contributed by atoms with E-state index in [-0.39, 0.29) is 18.5 Å². The summed E-state index contributed by atoms with van der Waals surface area (Å²) in [6, 6.07) is 12.3. The highest BCUT2D eigenvalue weighted by atomic mass is 32.2. The predicted molar refractivity (Wildman–Crippen MR) is 105 cm³/mol. The molecule has 27 heavy (non-hydrogen) atoms. The van der Waals surface area contributed by atoms with Gasteiger partial charge in [0.05, 0.1) is 18.0 Å². The van der Waals surface area contributed by atoms with E-state index in [1.807, 2.05) is 38.1 Å². The second-order valence-electron chi connectivity index (χ2n) is 7.09. The topological polar surface area (TPSA) is 86.7 Å². The van der Waals surface area contributed by atoms with Gasteiger partial charge in [-0.1, -0.05) is 29.8 Å². The van der Waals surface area contributed by atoms with Crippen molar-refractivity contribution < 1.29 is 18.3 Å². The lowest BCUT2D eigenvalue weighted by molar-refractivity contribution is 0.0916. The van der Waals surface area contributed by atoms with E-state index >= 15 is 0 Å². The number of aliphatic hydroxyl groups is 1. The van der Waals surface area contributed by atoms with Crippen LogP contribution in [0.2, 0.25) is 0 Å². The molecule has 0 aliphatic carbocycles. The lowest BCUT2D eigenvalue weighted by atomic mass is 10.1. The zero-order valence-electron chi connectivity index (χ0n) is 15.6. The maximum atomic E-state index is 12.4. The Morgan fingerprint density at radius 2 is 1.93 bits per heavy atom. The average Bonchev–Trinajstić information content (AvgIpc) is 2.94. The Morgan fingerprint density at radius 3 is 2.56 bits per heavy atom. The molecule has 2 atom stereocenters. The molecule has 0 saturated heterocycles. The molecule has 0 bridgehead atoms. The van der Waals surface area contributed by atoms with Gasteiger partial charge in [0.1, 0.15) is 0 Å². The van der Waals surface area contributed by atoms with Crippen LogP contribution in [0.5, 0.6) is 0 Å². The van der Waals surface area contributed by atoms with Crippen LogP contribution in [0.4, 0.5) is 5.69 Å². The molecule has 3 rings (SSSR count). The van der Waals surface area contributed by atoms with Gasteiger partial charge in [0.2, 0.25) is 10.0 Å². The number of fused-ring (bicyclic) bond motifs is 1. The smallest absolute Gasteiger partial charge is 0.251 e. The van der Waals surface area contributed by atoms with E-state index in [4.69, 9.17) is 0 Å². The van der Waals surface area contributed by atoms with Gasteiger partial charge >= 0.3 is 0 Å². The van der Waals surface area contributed by atoms with Gasteiger partial charge in [-0.15, -0.1) is 0 Å². The molecule has 0 aromatic heterocycles. The van der Waals surface area contributed by atoms with E-state index in [2.05, 4.69) is 5.32 Å². The van der Waals surface area contributed by atoms with Crippen molar-refractivity contribution in [2.45, 2.75) is 32.4 Å². The number of benzene rings is 2. The van der Waals surface area contributed by atoms with E-state index in [1.165, 1.54) is 10.6 Å². The first-order chi connectivity index (χ1) is 12.7. The first-order valence-corrected chi connectivity index (χ1v) is 10.7. The number of anilines is 1. The number of aryl methyl sites for hydroxylation is 1. The van der Waals surface area contributed by atoms with Crippen LogP contribution in [0.1, 0.15) is 40.1 Å². The largest absolute Gasteiger partial charge is 0.387 e. The number of aliphatic hydroxyl groups excluding tert-OH is 1. The molecule has 6 nitrogen and oxygen atoms in total. The lowest BCUT2D eigenvalue weighted by Gasteiger charge is -2.22. The Balaban J connectivity index is 1.70. The predicted octanol–water partition coefficient (Wildman–Crippen LogP) is 2.17. The fourth-order valence-corrected chi connectivity index (χ4v) is 4.71. The Labute approximate surface area is 159 Å². The van der Waals surface area contributed by atoms with E-state index < -0.39 is 16.1 Å². The van der Waals surface area contributed by atoms with E-state index in [1.54, 1.807) is 18.2 Å². The minimum atomic E-state index is -3.35. The van der Waals surface area contributed by atoms with Gasteiger partial charge < -0.3 is 10.4 Å². The van der Waals surface area contributed by atoms with Crippen molar-refractivity contribution in [3.05, 3.63) is 64.7 Å². The number of nitrogens with zero attached hydrogens (tertiary/aromatic N) is 1. The van der Waals surface area contributed by atoms with Gasteiger partial charge in [-0.3, -0.25) is 9.10 Å². The van der Waals surface area contributed by atoms with Crippen LogP contribution in [-0.2, 0) is 16.4 Å². The molecule has 0 unspecified atom stereocenters. The van der Waals surface area contributed by atoms with Crippen LogP contribution < -0.4 is 9.62 Å². The number of sulfonamides is 1. The third-order valence-corrected chi connectivity index (χ3v) is 6.04. The Kier molecular flexibility index (Phi) is 5.26. The van der Waals surface area contributed by atoms with Gasteiger partial charge in [-0.05, 0) is 49.6 Å². The van der Waals surface area contributed by atoms with Crippen molar-refractivity contribution in [3.63, 3.8) is 0 Å². The van der Waals surface area contributed by atoms with Gasteiger partial charge in [0, 0.05) is 18.2 Å². The highest BCUT2D eigenvalue weighted by Gasteiger charge is 2.32. The molecule has 2 aromatic carbocycles. The summed E-state index contributed by atoms with van der Waals surface area (Å²) in [4.78, 5) is 12.4. The Morgan fingerprint density at radius 1 is 1.26 bits per heavy atom. The molecule has 0 saturated carbocycles. The maximum Gasteiger partial charge on any atom is 0.251 e. The summed E-state index contributed by atoms with van der Waals surface area (Å²) in [6.45, 7) is 3.92. The van der Waals surface area contributed by atoms with Crippen molar-refractivity contribution in [1.29, 1.82) is 0 Å². The fraction of sp³-hybridized carbons (Fsp3) is 0.350. The molecule has 2 aromatic rings. The molecule has 2 N–H and O–H groups in total. The summed E-state index contributed by atoms with van der Waals surface area (Å²) in [5.41, 5.74) is 3.76. The second kappa shape index (κ2) is 7.32. The SMILES string of the molecule is Cc1ccc([C@H](O)CNC(=O)c2ccc3c(c2)C[C@@H](C)N3S(C)(=O)=O)cc1. The summed E-state index contributed by atoms with van der Waals surface area (Å²) in [6.07, 6.45) is 0.964.